The molecule has 0 saturated heterocycles. The van der Waals surface area contributed by atoms with E-state index in [0.29, 0.717) is 0 Å². The van der Waals surface area contributed by atoms with Crippen molar-refractivity contribution in [3.05, 3.63) is 29.6 Å². The normalized spacial score (nSPS) is 9.73. The molecule has 0 spiro atoms. The Morgan fingerprint density at radius 3 is 2.60 bits per heavy atom. The maximum absolute atomic E-state index is 12.7. The fourth-order valence-electron chi connectivity index (χ4n) is 0.990. The number of carboxylic acids is 1. The molecule has 0 heterocycles. The van der Waals surface area contributed by atoms with Crippen LogP contribution >= 0.6 is 0 Å². The minimum absolute atomic E-state index is 0.259. The minimum atomic E-state index is -1.33. The van der Waals surface area contributed by atoms with Gasteiger partial charge in [-0.2, -0.15) is 0 Å². The number of rotatable bonds is 3. The summed E-state index contributed by atoms with van der Waals surface area (Å²) >= 11 is 0. The van der Waals surface area contributed by atoms with Crippen LogP contribution in [0.2, 0.25) is 0 Å². The van der Waals surface area contributed by atoms with E-state index in [0.717, 1.165) is 18.2 Å². The Bertz CT molecular complexity index is 406. The number of alkyl halides is 1. The monoisotopic (exact) mass is 215 g/mol. The molecule has 2 N–H and O–H groups in total. The maximum Gasteiger partial charge on any atom is 0.337 e. The highest BCUT2D eigenvalue weighted by Crippen LogP contribution is 2.17. The number of hydrogen-bond donors (Lipinski definition) is 2. The number of anilines is 1. The summed E-state index contributed by atoms with van der Waals surface area (Å²) in [6.07, 6.45) is 0. The third kappa shape index (κ3) is 2.73. The van der Waals surface area contributed by atoms with Crippen molar-refractivity contribution in [1.82, 2.24) is 0 Å². The standard InChI is InChI=1S/C9H7F2NO3/c10-4-8(13)12-7-3-5(11)1-2-6(7)9(14)15/h1-3H,4H2,(H,12,13)(H,14,15). The van der Waals surface area contributed by atoms with Crippen LogP contribution in [-0.4, -0.2) is 23.7 Å². The Morgan fingerprint density at radius 1 is 1.40 bits per heavy atom. The predicted octanol–water partition coefficient (Wildman–Crippen LogP) is 1.43. The summed E-state index contributed by atoms with van der Waals surface area (Å²) < 4.78 is 24.6. The Labute approximate surface area is 83.5 Å². The SMILES string of the molecule is O=C(CF)Nc1cc(F)ccc1C(=O)O. The van der Waals surface area contributed by atoms with E-state index in [-0.39, 0.29) is 11.3 Å². The number of benzene rings is 1. The zero-order valence-corrected chi connectivity index (χ0v) is 7.46. The molecule has 1 aromatic rings. The van der Waals surface area contributed by atoms with Crippen molar-refractivity contribution in [2.45, 2.75) is 0 Å². The largest absolute Gasteiger partial charge is 0.478 e. The van der Waals surface area contributed by atoms with Crippen LogP contribution in [0.15, 0.2) is 18.2 Å². The lowest BCUT2D eigenvalue weighted by atomic mass is 10.1. The number of aromatic carboxylic acids is 1. The molecular weight excluding hydrogens is 208 g/mol. The van der Waals surface area contributed by atoms with Gasteiger partial charge in [-0.1, -0.05) is 0 Å². The smallest absolute Gasteiger partial charge is 0.337 e. The Balaban J connectivity index is 3.07. The number of carbonyl (C=O) groups excluding carboxylic acids is 1. The molecule has 1 aromatic carbocycles. The number of amides is 1. The molecule has 0 fully saturated rings. The van der Waals surface area contributed by atoms with Gasteiger partial charge in [0.15, 0.2) is 6.67 Å². The van der Waals surface area contributed by atoms with Crippen LogP contribution in [0.1, 0.15) is 10.4 Å². The fourth-order valence-corrected chi connectivity index (χ4v) is 0.990. The first-order valence-corrected chi connectivity index (χ1v) is 3.93. The first kappa shape index (κ1) is 11.1. The van der Waals surface area contributed by atoms with Gasteiger partial charge in [0.2, 0.25) is 0 Å². The van der Waals surface area contributed by atoms with E-state index in [1.54, 1.807) is 0 Å². The molecule has 1 rings (SSSR count). The molecule has 0 saturated carbocycles. The molecule has 0 aromatic heterocycles. The molecular formula is C9H7F2NO3. The second-order valence-electron chi connectivity index (χ2n) is 2.68. The molecule has 80 valence electrons. The highest BCUT2D eigenvalue weighted by atomic mass is 19.1. The van der Waals surface area contributed by atoms with Crippen LogP contribution in [0, 0.1) is 5.82 Å². The molecule has 1 amide bonds. The van der Waals surface area contributed by atoms with Gasteiger partial charge in [0.1, 0.15) is 5.82 Å². The Hall–Kier alpha value is -1.98. The average molecular weight is 215 g/mol. The molecule has 0 aliphatic rings. The van der Waals surface area contributed by atoms with E-state index in [9.17, 15) is 18.4 Å². The predicted molar refractivity (Wildman–Crippen MR) is 48.0 cm³/mol. The van der Waals surface area contributed by atoms with Gasteiger partial charge < -0.3 is 10.4 Å². The van der Waals surface area contributed by atoms with Crippen LogP contribution < -0.4 is 5.32 Å². The van der Waals surface area contributed by atoms with Crippen molar-refractivity contribution < 1.29 is 23.5 Å². The number of hydrogen-bond acceptors (Lipinski definition) is 2. The van der Waals surface area contributed by atoms with E-state index < -0.39 is 24.4 Å². The van der Waals surface area contributed by atoms with Gasteiger partial charge in [0, 0.05) is 0 Å². The zero-order valence-electron chi connectivity index (χ0n) is 7.46. The van der Waals surface area contributed by atoms with Crippen molar-refractivity contribution in [3.8, 4) is 0 Å². The highest BCUT2D eigenvalue weighted by molar-refractivity contribution is 6.00. The molecule has 0 radical (unpaired) electrons. The van der Waals surface area contributed by atoms with Gasteiger partial charge in [-0.3, -0.25) is 4.79 Å². The zero-order chi connectivity index (χ0) is 11.4. The lowest BCUT2D eigenvalue weighted by Gasteiger charge is -2.06. The highest BCUT2D eigenvalue weighted by Gasteiger charge is 2.12. The summed E-state index contributed by atoms with van der Waals surface area (Å²) in [5, 5.41) is 10.6. The van der Waals surface area contributed by atoms with E-state index in [4.69, 9.17) is 5.11 Å². The summed E-state index contributed by atoms with van der Waals surface area (Å²) in [5.74, 6) is -3.07. The van der Waals surface area contributed by atoms with E-state index >= 15 is 0 Å². The summed E-state index contributed by atoms with van der Waals surface area (Å²) in [6, 6.07) is 2.75. The van der Waals surface area contributed by atoms with E-state index in [1.165, 1.54) is 0 Å². The third-order valence-electron chi connectivity index (χ3n) is 1.61. The molecule has 0 unspecified atom stereocenters. The van der Waals surface area contributed by atoms with Crippen molar-refractivity contribution in [2.75, 3.05) is 12.0 Å². The van der Waals surface area contributed by atoms with E-state index in [1.807, 2.05) is 5.32 Å². The fraction of sp³-hybridized carbons (Fsp3) is 0.111. The number of carboxylic acid groups (broad SMARTS) is 1. The molecule has 4 nitrogen and oxygen atoms in total. The van der Waals surface area contributed by atoms with Crippen molar-refractivity contribution in [3.63, 3.8) is 0 Å². The average Bonchev–Trinajstić information content (AvgIpc) is 2.17. The molecule has 6 heteroatoms. The Kier molecular flexibility index (Phi) is 3.33. The summed E-state index contributed by atoms with van der Waals surface area (Å²) in [7, 11) is 0. The van der Waals surface area contributed by atoms with Gasteiger partial charge in [-0.15, -0.1) is 0 Å². The summed E-state index contributed by atoms with van der Waals surface area (Å²) in [5.41, 5.74) is -0.552. The number of carbonyl (C=O) groups is 2. The lowest BCUT2D eigenvalue weighted by Crippen LogP contribution is -2.16. The summed E-state index contributed by atoms with van der Waals surface area (Å²) in [6.45, 7) is -1.30. The van der Waals surface area contributed by atoms with E-state index in [2.05, 4.69) is 0 Å². The maximum atomic E-state index is 12.7. The van der Waals surface area contributed by atoms with Gasteiger partial charge in [-0.25, -0.2) is 13.6 Å². The first-order chi connectivity index (χ1) is 7.04. The van der Waals surface area contributed by atoms with Crippen LogP contribution in [-0.2, 0) is 4.79 Å². The first-order valence-electron chi connectivity index (χ1n) is 3.93. The van der Waals surface area contributed by atoms with Gasteiger partial charge in [0.25, 0.3) is 5.91 Å². The van der Waals surface area contributed by atoms with Crippen molar-refractivity contribution in [1.29, 1.82) is 0 Å². The molecule has 0 atom stereocenters. The summed E-state index contributed by atoms with van der Waals surface area (Å²) in [4.78, 5) is 21.3. The van der Waals surface area contributed by atoms with Crippen molar-refractivity contribution in [2.24, 2.45) is 0 Å². The molecule has 0 bridgehead atoms. The van der Waals surface area contributed by atoms with Crippen LogP contribution in [0.3, 0.4) is 0 Å². The van der Waals surface area contributed by atoms with Gasteiger partial charge in [-0.05, 0) is 18.2 Å². The lowest BCUT2D eigenvalue weighted by molar-refractivity contribution is -0.117. The van der Waals surface area contributed by atoms with Crippen LogP contribution in [0.4, 0.5) is 14.5 Å². The van der Waals surface area contributed by atoms with Crippen molar-refractivity contribution >= 4 is 17.6 Å². The third-order valence-corrected chi connectivity index (χ3v) is 1.61. The van der Waals surface area contributed by atoms with Crippen LogP contribution in [0.5, 0.6) is 0 Å². The number of nitrogens with one attached hydrogen (secondary N) is 1. The molecule has 0 aliphatic heterocycles. The quantitative estimate of drug-likeness (QED) is 0.801. The minimum Gasteiger partial charge on any atom is -0.478 e. The Morgan fingerprint density at radius 2 is 2.07 bits per heavy atom. The number of halogens is 2. The van der Waals surface area contributed by atoms with Gasteiger partial charge >= 0.3 is 5.97 Å². The second-order valence-corrected chi connectivity index (χ2v) is 2.68. The molecule has 0 aliphatic carbocycles. The molecule has 15 heavy (non-hydrogen) atoms. The van der Waals surface area contributed by atoms with Gasteiger partial charge in [0.05, 0.1) is 11.3 Å². The topological polar surface area (TPSA) is 66.4 Å². The van der Waals surface area contributed by atoms with Crippen LogP contribution in [0.25, 0.3) is 0 Å². The second kappa shape index (κ2) is 4.50.